The van der Waals surface area contributed by atoms with E-state index in [1.807, 2.05) is 30.3 Å². The second-order valence-corrected chi connectivity index (χ2v) is 3.79. The van der Waals surface area contributed by atoms with Gasteiger partial charge in [-0.2, -0.15) is 0 Å². The molecule has 4 nitrogen and oxygen atoms in total. The topological polar surface area (TPSA) is 61.5 Å². The lowest BCUT2D eigenvalue weighted by atomic mass is 10.0. The van der Waals surface area contributed by atoms with Crippen LogP contribution in [0.15, 0.2) is 36.4 Å². The molecule has 0 fully saturated rings. The number of hydrogen-bond acceptors (Lipinski definition) is 4. The van der Waals surface area contributed by atoms with E-state index in [9.17, 15) is 4.79 Å². The maximum Gasteiger partial charge on any atom is 0.342 e. The highest BCUT2D eigenvalue weighted by atomic mass is 16.5. The number of carbonyl (C=O) groups is 1. The van der Waals surface area contributed by atoms with E-state index in [0.717, 1.165) is 10.8 Å². The summed E-state index contributed by atoms with van der Waals surface area (Å²) in [6.45, 7) is 0.760. The van der Waals surface area contributed by atoms with Gasteiger partial charge in [-0.1, -0.05) is 30.3 Å². The third kappa shape index (κ3) is 2.28. The van der Waals surface area contributed by atoms with Gasteiger partial charge in [-0.3, -0.25) is 0 Å². The molecule has 0 unspecified atom stereocenters. The van der Waals surface area contributed by atoms with E-state index < -0.39 is 5.97 Å². The number of fused-ring (bicyclic) bond motifs is 1. The molecule has 0 amide bonds. The van der Waals surface area contributed by atoms with Crippen LogP contribution in [0.3, 0.4) is 0 Å². The highest BCUT2D eigenvalue weighted by molar-refractivity contribution is 6.07. The quantitative estimate of drug-likeness (QED) is 0.836. The van der Waals surface area contributed by atoms with Gasteiger partial charge in [-0.15, -0.1) is 0 Å². The highest BCUT2D eigenvalue weighted by Gasteiger charge is 2.16. The first-order valence-electron chi connectivity index (χ1n) is 5.71. The van der Waals surface area contributed by atoms with Crippen LogP contribution in [-0.4, -0.2) is 26.2 Å². The van der Waals surface area contributed by atoms with Crippen molar-refractivity contribution in [3.8, 4) is 5.75 Å². The lowest BCUT2D eigenvalue weighted by molar-refractivity contribution is 0.0598. The number of ether oxygens (including phenoxy) is 2. The minimum Gasteiger partial charge on any atom is -0.491 e. The van der Waals surface area contributed by atoms with Crippen molar-refractivity contribution in [1.29, 1.82) is 0 Å². The molecule has 0 aliphatic carbocycles. The van der Waals surface area contributed by atoms with Crippen molar-refractivity contribution in [1.82, 2.24) is 0 Å². The zero-order valence-electron chi connectivity index (χ0n) is 10.2. The first-order valence-corrected chi connectivity index (χ1v) is 5.71. The van der Waals surface area contributed by atoms with E-state index in [2.05, 4.69) is 0 Å². The van der Waals surface area contributed by atoms with Gasteiger partial charge in [-0.05, 0) is 16.8 Å². The monoisotopic (exact) mass is 245 g/mol. The molecule has 0 aliphatic rings. The lowest BCUT2D eigenvalue weighted by Gasteiger charge is -2.12. The van der Waals surface area contributed by atoms with Crippen molar-refractivity contribution < 1.29 is 14.3 Å². The molecule has 0 saturated heterocycles. The van der Waals surface area contributed by atoms with Gasteiger partial charge in [0.25, 0.3) is 0 Å². The molecule has 2 aromatic carbocycles. The molecule has 0 aliphatic heterocycles. The molecule has 4 heteroatoms. The Morgan fingerprint density at radius 1 is 1.22 bits per heavy atom. The normalized spacial score (nSPS) is 10.3. The molecule has 2 aromatic rings. The van der Waals surface area contributed by atoms with E-state index in [-0.39, 0.29) is 0 Å². The number of hydrogen-bond donors (Lipinski definition) is 1. The van der Waals surface area contributed by atoms with Crippen molar-refractivity contribution in [3.05, 3.63) is 42.0 Å². The van der Waals surface area contributed by atoms with Crippen LogP contribution < -0.4 is 10.5 Å². The Labute approximate surface area is 105 Å². The second-order valence-electron chi connectivity index (χ2n) is 3.79. The van der Waals surface area contributed by atoms with Crippen LogP contribution in [-0.2, 0) is 4.74 Å². The average molecular weight is 245 g/mol. The van der Waals surface area contributed by atoms with Crippen LogP contribution in [0.5, 0.6) is 5.75 Å². The van der Waals surface area contributed by atoms with Gasteiger partial charge in [0.1, 0.15) is 17.9 Å². The number of methoxy groups -OCH3 is 1. The molecule has 0 heterocycles. The molecule has 2 rings (SSSR count). The third-order valence-corrected chi connectivity index (χ3v) is 2.66. The number of nitrogens with two attached hydrogens (primary N) is 1. The Bertz CT molecular complexity index is 566. The van der Waals surface area contributed by atoms with Crippen LogP contribution in [0.2, 0.25) is 0 Å². The van der Waals surface area contributed by atoms with E-state index in [1.165, 1.54) is 7.11 Å². The van der Waals surface area contributed by atoms with Crippen molar-refractivity contribution in [2.75, 3.05) is 20.3 Å². The molecule has 94 valence electrons. The van der Waals surface area contributed by atoms with Crippen LogP contribution in [0.25, 0.3) is 10.8 Å². The number of carbonyl (C=O) groups excluding carboxylic acids is 1. The predicted octanol–water partition coefficient (Wildman–Crippen LogP) is 1.96. The zero-order chi connectivity index (χ0) is 13.0. The molecule has 18 heavy (non-hydrogen) atoms. The fraction of sp³-hybridized carbons (Fsp3) is 0.214. The summed E-state index contributed by atoms with van der Waals surface area (Å²) in [5.74, 6) is 0.102. The summed E-state index contributed by atoms with van der Waals surface area (Å²) in [4.78, 5) is 11.9. The van der Waals surface area contributed by atoms with Crippen molar-refractivity contribution in [2.45, 2.75) is 0 Å². The first kappa shape index (κ1) is 12.4. The van der Waals surface area contributed by atoms with Crippen LogP contribution in [0.1, 0.15) is 10.4 Å². The second kappa shape index (κ2) is 5.51. The van der Waals surface area contributed by atoms with Gasteiger partial charge in [0.2, 0.25) is 0 Å². The molecule has 0 aromatic heterocycles. The lowest BCUT2D eigenvalue weighted by Crippen LogP contribution is -2.13. The van der Waals surface area contributed by atoms with Crippen molar-refractivity contribution in [2.24, 2.45) is 5.73 Å². The average Bonchev–Trinajstić information content (AvgIpc) is 2.43. The van der Waals surface area contributed by atoms with Crippen LogP contribution in [0, 0.1) is 0 Å². The van der Waals surface area contributed by atoms with E-state index in [0.29, 0.717) is 24.5 Å². The maximum absolute atomic E-state index is 11.9. The molecule has 0 saturated carbocycles. The number of esters is 1. The van der Waals surface area contributed by atoms with Crippen molar-refractivity contribution in [3.63, 3.8) is 0 Å². The fourth-order valence-corrected chi connectivity index (χ4v) is 1.85. The molecule has 0 spiro atoms. The Morgan fingerprint density at radius 3 is 2.72 bits per heavy atom. The molecule has 0 bridgehead atoms. The van der Waals surface area contributed by atoms with Gasteiger partial charge in [0.05, 0.1) is 7.11 Å². The third-order valence-electron chi connectivity index (χ3n) is 2.66. The number of benzene rings is 2. The molecular weight excluding hydrogens is 230 g/mol. The summed E-state index contributed by atoms with van der Waals surface area (Å²) in [6.07, 6.45) is 0. The summed E-state index contributed by atoms with van der Waals surface area (Å²) in [5.41, 5.74) is 5.85. The summed E-state index contributed by atoms with van der Waals surface area (Å²) in [6, 6.07) is 11.3. The van der Waals surface area contributed by atoms with Gasteiger partial charge in [0, 0.05) is 6.54 Å². The molecule has 0 atom stereocenters. The minimum absolute atomic E-state index is 0.363. The summed E-state index contributed by atoms with van der Waals surface area (Å²) < 4.78 is 10.3. The summed E-state index contributed by atoms with van der Waals surface area (Å²) in [7, 11) is 1.36. The van der Waals surface area contributed by atoms with Crippen LogP contribution >= 0.6 is 0 Å². The van der Waals surface area contributed by atoms with Gasteiger partial charge in [0.15, 0.2) is 0 Å². The summed E-state index contributed by atoms with van der Waals surface area (Å²) in [5, 5.41) is 1.79. The Hall–Kier alpha value is -2.07. The molecule has 2 N–H and O–H groups in total. The molecule has 0 radical (unpaired) electrons. The predicted molar refractivity (Wildman–Crippen MR) is 69.8 cm³/mol. The smallest absolute Gasteiger partial charge is 0.342 e. The Morgan fingerprint density at radius 2 is 2.00 bits per heavy atom. The standard InChI is InChI=1S/C14H15NO3/c1-17-14(16)13-11-5-3-2-4-10(11)6-7-12(13)18-9-8-15/h2-7H,8-9,15H2,1H3. The van der Waals surface area contributed by atoms with E-state index >= 15 is 0 Å². The first-order chi connectivity index (χ1) is 8.77. The van der Waals surface area contributed by atoms with Gasteiger partial charge in [-0.25, -0.2) is 4.79 Å². The van der Waals surface area contributed by atoms with Crippen LogP contribution in [0.4, 0.5) is 0 Å². The zero-order valence-corrected chi connectivity index (χ0v) is 10.2. The highest BCUT2D eigenvalue weighted by Crippen LogP contribution is 2.28. The van der Waals surface area contributed by atoms with Crippen molar-refractivity contribution >= 4 is 16.7 Å². The fourth-order valence-electron chi connectivity index (χ4n) is 1.85. The van der Waals surface area contributed by atoms with Gasteiger partial charge < -0.3 is 15.2 Å². The largest absolute Gasteiger partial charge is 0.491 e. The van der Waals surface area contributed by atoms with E-state index in [1.54, 1.807) is 6.07 Å². The Balaban J connectivity index is 2.59. The van der Waals surface area contributed by atoms with Gasteiger partial charge >= 0.3 is 5.97 Å². The SMILES string of the molecule is COC(=O)c1c(OCCN)ccc2ccccc12. The van der Waals surface area contributed by atoms with E-state index in [4.69, 9.17) is 15.2 Å². The minimum atomic E-state index is -0.404. The number of rotatable bonds is 4. The Kier molecular flexibility index (Phi) is 3.79. The maximum atomic E-state index is 11.9. The summed E-state index contributed by atoms with van der Waals surface area (Å²) >= 11 is 0. The molecular formula is C14H15NO3.